The molecule has 2 aromatic carbocycles. The van der Waals surface area contributed by atoms with Crippen molar-refractivity contribution in [1.29, 1.82) is 0 Å². The lowest BCUT2D eigenvalue weighted by molar-refractivity contribution is -0.147. The molecule has 0 aromatic heterocycles. The van der Waals surface area contributed by atoms with Crippen molar-refractivity contribution in [2.24, 2.45) is 0 Å². The molecule has 8 nitrogen and oxygen atoms in total. The fourth-order valence-electron chi connectivity index (χ4n) is 4.55. The topological polar surface area (TPSA) is 108 Å². The number of nitrogens with zero attached hydrogens (tertiary/aromatic N) is 1. The number of carbonyl (C=O) groups excluding carboxylic acids is 3. The Morgan fingerprint density at radius 1 is 1.03 bits per heavy atom. The quantitative estimate of drug-likeness (QED) is 0.438. The molecule has 0 bridgehead atoms. The van der Waals surface area contributed by atoms with E-state index in [0.717, 1.165) is 36.0 Å². The summed E-state index contributed by atoms with van der Waals surface area (Å²) in [5.74, 6) is -0.492. The SMILES string of the molecule is Cc1ccccc1C(C(=O)NC(C)C)N(C(=O)C(Cc1ccc(O)cc1)NC(=O)OC(C)(C)C)C1CCC1. The number of ether oxygens (including phenoxy) is 1. The van der Waals surface area contributed by atoms with Gasteiger partial charge < -0.3 is 25.4 Å². The van der Waals surface area contributed by atoms with Gasteiger partial charge in [-0.1, -0.05) is 36.4 Å². The Balaban J connectivity index is 2.04. The molecule has 0 radical (unpaired) electrons. The number of amides is 3. The lowest BCUT2D eigenvalue weighted by atomic mass is 9.87. The van der Waals surface area contributed by atoms with E-state index in [1.807, 2.05) is 45.0 Å². The highest BCUT2D eigenvalue weighted by molar-refractivity contribution is 5.93. The van der Waals surface area contributed by atoms with Crippen molar-refractivity contribution in [3.63, 3.8) is 0 Å². The van der Waals surface area contributed by atoms with Crippen molar-refractivity contribution in [2.75, 3.05) is 0 Å². The maximum absolute atomic E-state index is 14.4. The predicted octanol–water partition coefficient (Wildman–Crippen LogP) is 4.78. The number of hydrogen-bond acceptors (Lipinski definition) is 5. The molecule has 1 saturated carbocycles. The fourth-order valence-corrected chi connectivity index (χ4v) is 4.55. The van der Waals surface area contributed by atoms with E-state index in [-0.39, 0.29) is 36.1 Å². The highest BCUT2D eigenvalue weighted by atomic mass is 16.6. The summed E-state index contributed by atoms with van der Waals surface area (Å²) in [4.78, 5) is 42.6. The van der Waals surface area contributed by atoms with Crippen LogP contribution in [0, 0.1) is 6.92 Å². The molecule has 2 aromatic rings. The van der Waals surface area contributed by atoms with Gasteiger partial charge in [0, 0.05) is 18.5 Å². The van der Waals surface area contributed by atoms with Crippen LogP contribution in [0.4, 0.5) is 4.79 Å². The van der Waals surface area contributed by atoms with E-state index in [1.54, 1.807) is 49.9 Å². The minimum Gasteiger partial charge on any atom is -0.508 e. The lowest BCUT2D eigenvalue weighted by Crippen LogP contribution is -2.58. The van der Waals surface area contributed by atoms with Gasteiger partial charge in [0.25, 0.3) is 0 Å². The van der Waals surface area contributed by atoms with Crippen LogP contribution in [0.5, 0.6) is 5.75 Å². The zero-order chi connectivity index (χ0) is 28.0. The van der Waals surface area contributed by atoms with Crippen LogP contribution in [-0.2, 0) is 20.7 Å². The van der Waals surface area contributed by atoms with Gasteiger partial charge in [-0.3, -0.25) is 9.59 Å². The Morgan fingerprint density at radius 2 is 1.66 bits per heavy atom. The van der Waals surface area contributed by atoms with Crippen LogP contribution in [0.25, 0.3) is 0 Å². The monoisotopic (exact) mass is 523 g/mol. The van der Waals surface area contributed by atoms with Crippen LogP contribution in [0.1, 0.15) is 76.6 Å². The van der Waals surface area contributed by atoms with Gasteiger partial charge >= 0.3 is 6.09 Å². The summed E-state index contributed by atoms with van der Waals surface area (Å²) in [6.45, 7) is 11.0. The highest BCUT2D eigenvalue weighted by Crippen LogP contribution is 2.35. The molecule has 38 heavy (non-hydrogen) atoms. The number of carbonyl (C=O) groups is 3. The normalized spacial score (nSPS) is 15.2. The second-order valence-electron chi connectivity index (χ2n) is 11.3. The Morgan fingerprint density at radius 3 is 2.18 bits per heavy atom. The average Bonchev–Trinajstić information content (AvgIpc) is 2.77. The van der Waals surface area contributed by atoms with E-state index in [2.05, 4.69) is 10.6 Å². The van der Waals surface area contributed by atoms with Gasteiger partial charge in [-0.05, 0) is 89.6 Å². The maximum Gasteiger partial charge on any atom is 0.408 e. The van der Waals surface area contributed by atoms with Gasteiger partial charge in [-0.15, -0.1) is 0 Å². The van der Waals surface area contributed by atoms with E-state index < -0.39 is 23.8 Å². The highest BCUT2D eigenvalue weighted by Gasteiger charge is 2.42. The van der Waals surface area contributed by atoms with E-state index in [9.17, 15) is 19.5 Å². The van der Waals surface area contributed by atoms with Crippen molar-refractivity contribution in [2.45, 2.75) is 97.0 Å². The van der Waals surface area contributed by atoms with Gasteiger partial charge in [-0.25, -0.2) is 4.79 Å². The van der Waals surface area contributed by atoms with Gasteiger partial charge in [0.05, 0.1) is 0 Å². The van der Waals surface area contributed by atoms with E-state index in [0.29, 0.717) is 0 Å². The number of phenolic OH excluding ortho intramolecular Hbond substituents is 1. The van der Waals surface area contributed by atoms with Gasteiger partial charge in [0.2, 0.25) is 11.8 Å². The van der Waals surface area contributed by atoms with Gasteiger partial charge in [-0.2, -0.15) is 0 Å². The first-order valence-electron chi connectivity index (χ1n) is 13.3. The fraction of sp³-hybridized carbons (Fsp3) is 0.500. The van der Waals surface area contributed by atoms with Crippen molar-refractivity contribution in [3.05, 3.63) is 65.2 Å². The van der Waals surface area contributed by atoms with Crippen molar-refractivity contribution < 1.29 is 24.2 Å². The molecule has 1 aliphatic rings. The Bertz CT molecular complexity index is 1120. The molecule has 1 fully saturated rings. The number of rotatable bonds is 9. The summed E-state index contributed by atoms with van der Waals surface area (Å²) in [5.41, 5.74) is 1.67. The lowest BCUT2D eigenvalue weighted by Gasteiger charge is -2.44. The second-order valence-corrected chi connectivity index (χ2v) is 11.3. The van der Waals surface area contributed by atoms with Crippen LogP contribution in [0.3, 0.4) is 0 Å². The van der Waals surface area contributed by atoms with Crippen LogP contribution in [0.2, 0.25) is 0 Å². The number of hydrogen-bond donors (Lipinski definition) is 3. The summed E-state index contributed by atoms with van der Waals surface area (Å²) in [7, 11) is 0. The van der Waals surface area contributed by atoms with Gasteiger partial charge in [0.15, 0.2) is 0 Å². The summed E-state index contributed by atoms with van der Waals surface area (Å²) in [6, 6.07) is 12.0. The van der Waals surface area contributed by atoms with Gasteiger partial charge in [0.1, 0.15) is 23.4 Å². The zero-order valence-electron chi connectivity index (χ0n) is 23.3. The first kappa shape index (κ1) is 29.0. The third-order valence-corrected chi connectivity index (χ3v) is 6.53. The molecule has 2 unspecified atom stereocenters. The van der Waals surface area contributed by atoms with Crippen molar-refractivity contribution in [1.82, 2.24) is 15.5 Å². The number of phenols is 1. The molecule has 3 amide bonds. The first-order chi connectivity index (χ1) is 17.9. The molecule has 3 N–H and O–H groups in total. The second kappa shape index (κ2) is 12.3. The number of alkyl carbamates (subject to hydrolysis) is 1. The number of benzene rings is 2. The standard InChI is InChI=1S/C30H41N3O5/c1-19(2)31-27(35)26(24-13-8-7-10-20(24)3)33(22-11-9-12-22)28(36)25(32-29(37)38-30(4,5)6)18-21-14-16-23(34)17-15-21/h7-8,10,13-17,19,22,25-26,34H,9,11-12,18H2,1-6H3,(H,31,35)(H,32,37). The zero-order valence-corrected chi connectivity index (χ0v) is 23.3. The molecule has 3 rings (SSSR count). The Kier molecular flexibility index (Phi) is 9.41. The van der Waals surface area contributed by atoms with Crippen molar-refractivity contribution in [3.8, 4) is 5.75 Å². The summed E-state index contributed by atoms with van der Waals surface area (Å²) in [5, 5.41) is 15.5. The summed E-state index contributed by atoms with van der Waals surface area (Å²) >= 11 is 0. The maximum atomic E-state index is 14.4. The largest absolute Gasteiger partial charge is 0.508 e. The minimum absolute atomic E-state index is 0.109. The molecular weight excluding hydrogens is 482 g/mol. The van der Waals surface area contributed by atoms with Crippen LogP contribution in [-0.4, -0.2) is 51.6 Å². The molecule has 0 heterocycles. The predicted molar refractivity (Wildman–Crippen MR) is 147 cm³/mol. The third kappa shape index (κ3) is 7.73. The van der Waals surface area contributed by atoms with E-state index in [4.69, 9.17) is 4.74 Å². The molecular formula is C30H41N3O5. The minimum atomic E-state index is -0.978. The Labute approximate surface area is 225 Å². The van der Waals surface area contributed by atoms with Crippen molar-refractivity contribution >= 4 is 17.9 Å². The third-order valence-electron chi connectivity index (χ3n) is 6.53. The van der Waals surface area contributed by atoms with Crippen LogP contribution < -0.4 is 10.6 Å². The summed E-state index contributed by atoms with van der Waals surface area (Å²) in [6.07, 6.45) is 1.99. The number of aromatic hydroxyl groups is 1. The molecule has 1 aliphatic carbocycles. The number of nitrogens with one attached hydrogen (secondary N) is 2. The first-order valence-corrected chi connectivity index (χ1v) is 13.3. The molecule has 206 valence electrons. The Hall–Kier alpha value is -3.55. The molecule has 0 aliphatic heterocycles. The summed E-state index contributed by atoms with van der Waals surface area (Å²) < 4.78 is 5.48. The van der Waals surface area contributed by atoms with E-state index in [1.165, 1.54) is 0 Å². The van der Waals surface area contributed by atoms with E-state index >= 15 is 0 Å². The average molecular weight is 524 g/mol. The molecule has 0 saturated heterocycles. The number of aryl methyl sites for hydroxylation is 1. The van der Waals surface area contributed by atoms with Crippen LogP contribution in [0.15, 0.2) is 48.5 Å². The molecule has 8 heteroatoms. The van der Waals surface area contributed by atoms with Crippen LogP contribution >= 0.6 is 0 Å². The molecule has 0 spiro atoms. The molecule has 2 atom stereocenters. The smallest absolute Gasteiger partial charge is 0.408 e.